The zero-order valence-electron chi connectivity index (χ0n) is 7.08. The fraction of sp³-hybridized carbons (Fsp3) is 0.100. The molecule has 67 valence electrons. The number of allylic oxidation sites excluding steroid dienone is 1. The number of benzene rings is 1. The Balaban J connectivity index is 2.83. The van der Waals surface area contributed by atoms with Crippen molar-refractivity contribution in [1.29, 1.82) is 0 Å². The van der Waals surface area contributed by atoms with Crippen LogP contribution in [0.1, 0.15) is 5.56 Å². The minimum Gasteiger partial charge on any atom is -0.496 e. The normalized spacial score (nSPS) is 10.3. The smallest absolute Gasteiger partial charge is 0.245 e. The van der Waals surface area contributed by atoms with Crippen LogP contribution in [0.4, 0.5) is 0 Å². The molecule has 3 heteroatoms. The van der Waals surface area contributed by atoms with Gasteiger partial charge in [0.15, 0.2) is 0 Å². The van der Waals surface area contributed by atoms with Crippen LogP contribution in [0.15, 0.2) is 24.3 Å². The Kier molecular flexibility index (Phi) is 3.53. The lowest BCUT2D eigenvalue weighted by molar-refractivity contribution is -0.107. The molecule has 0 heterocycles. The van der Waals surface area contributed by atoms with Gasteiger partial charge in [0.1, 0.15) is 5.75 Å². The maximum atomic E-state index is 10.4. The van der Waals surface area contributed by atoms with Gasteiger partial charge in [0.05, 0.1) is 7.11 Å². The summed E-state index contributed by atoms with van der Waals surface area (Å²) in [5.74, 6) is 0.629. The Morgan fingerprint density at radius 1 is 1.69 bits per heavy atom. The summed E-state index contributed by atoms with van der Waals surface area (Å²) in [5.41, 5.74) is 0.851. The van der Waals surface area contributed by atoms with E-state index >= 15 is 0 Å². The van der Waals surface area contributed by atoms with Crippen LogP contribution >= 0.6 is 11.6 Å². The van der Waals surface area contributed by atoms with Crippen LogP contribution in [0.3, 0.4) is 0 Å². The van der Waals surface area contributed by atoms with E-state index in [-0.39, 0.29) is 0 Å². The third-order valence-corrected chi connectivity index (χ3v) is 1.55. The predicted octanol–water partition coefficient (Wildman–Crippen LogP) is 2.27. The highest BCUT2D eigenvalue weighted by molar-refractivity contribution is 6.66. The second-order valence-corrected chi connectivity index (χ2v) is 2.70. The van der Waals surface area contributed by atoms with Crippen molar-refractivity contribution in [2.75, 3.05) is 7.11 Å². The Morgan fingerprint density at radius 2 is 2.46 bits per heavy atom. The summed E-state index contributed by atoms with van der Waals surface area (Å²) in [4.78, 5) is 10.4. The number of halogens is 1. The van der Waals surface area contributed by atoms with Gasteiger partial charge < -0.3 is 4.74 Å². The summed E-state index contributed by atoms with van der Waals surface area (Å²) in [6.45, 7) is 0. The third kappa shape index (κ3) is 3.30. The van der Waals surface area contributed by atoms with Gasteiger partial charge in [-0.3, -0.25) is 4.79 Å². The van der Waals surface area contributed by atoms with Crippen molar-refractivity contribution < 1.29 is 9.53 Å². The van der Waals surface area contributed by atoms with Gasteiger partial charge in [-0.25, -0.2) is 0 Å². The van der Waals surface area contributed by atoms with E-state index in [1.54, 1.807) is 31.4 Å². The zero-order chi connectivity index (χ0) is 9.68. The van der Waals surface area contributed by atoms with Gasteiger partial charge in [-0.05, 0) is 35.4 Å². The monoisotopic (exact) mass is 195 g/mol. The molecule has 1 aromatic rings. The topological polar surface area (TPSA) is 26.3 Å². The van der Waals surface area contributed by atoms with E-state index < -0.39 is 5.24 Å². The first-order valence-corrected chi connectivity index (χ1v) is 4.03. The van der Waals surface area contributed by atoms with E-state index in [2.05, 4.69) is 6.07 Å². The molecule has 1 aromatic carbocycles. The Morgan fingerprint density at radius 3 is 3.08 bits per heavy atom. The maximum Gasteiger partial charge on any atom is 0.245 e. The molecule has 13 heavy (non-hydrogen) atoms. The lowest BCUT2D eigenvalue weighted by Gasteiger charge is -1.98. The quantitative estimate of drug-likeness (QED) is 0.546. The maximum absolute atomic E-state index is 10.4. The predicted molar refractivity (Wildman–Crippen MR) is 51.7 cm³/mol. The zero-order valence-corrected chi connectivity index (χ0v) is 7.84. The minimum atomic E-state index is -0.494. The van der Waals surface area contributed by atoms with Crippen LogP contribution in [0.2, 0.25) is 0 Å². The van der Waals surface area contributed by atoms with Gasteiger partial charge in [0, 0.05) is 6.07 Å². The summed E-state index contributed by atoms with van der Waals surface area (Å²) in [5, 5.41) is -0.494. The number of methoxy groups -OCH3 is 1. The molecule has 1 rings (SSSR count). The second kappa shape index (κ2) is 4.67. The van der Waals surface area contributed by atoms with Crippen molar-refractivity contribution in [2.24, 2.45) is 0 Å². The first-order chi connectivity index (χ1) is 6.22. The second-order valence-electron chi connectivity index (χ2n) is 2.33. The lowest BCUT2D eigenvalue weighted by atomic mass is 10.2. The minimum absolute atomic E-state index is 0.494. The lowest BCUT2D eigenvalue weighted by Crippen LogP contribution is -1.83. The number of ether oxygens (including phenoxy) is 1. The van der Waals surface area contributed by atoms with Crippen LogP contribution in [-0.4, -0.2) is 12.4 Å². The molecule has 0 N–H and O–H groups in total. The van der Waals surface area contributed by atoms with Crippen molar-refractivity contribution in [3.8, 4) is 5.75 Å². The Labute approximate surface area is 81.8 Å². The van der Waals surface area contributed by atoms with Gasteiger partial charge in [-0.15, -0.1) is 0 Å². The molecule has 1 radical (unpaired) electrons. The highest BCUT2D eigenvalue weighted by atomic mass is 35.5. The van der Waals surface area contributed by atoms with Crippen LogP contribution in [-0.2, 0) is 4.79 Å². The largest absolute Gasteiger partial charge is 0.496 e. The first-order valence-electron chi connectivity index (χ1n) is 3.65. The molecule has 0 aliphatic heterocycles. The summed E-state index contributed by atoms with van der Waals surface area (Å²) in [6, 6.07) is 8.16. The van der Waals surface area contributed by atoms with E-state index in [1.165, 1.54) is 6.08 Å². The molecule has 0 fully saturated rings. The SMILES string of the molecule is COc1[c]ccc(/C=C/C(=O)Cl)c1. The Bertz CT molecular complexity index is 331. The molecule has 0 aliphatic carbocycles. The number of rotatable bonds is 3. The van der Waals surface area contributed by atoms with E-state index in [1.807, 2.05) is 0 Å². The van der Waals surface area contributed by atoms with Crippen LogP contribution in [0.5, 0.6) is 5.75 Å². The number of carbonyl (C=O) groups excluding carboxylic acids is 1. The number of hydrogen-bond acceptors (Lipinski definition) is 2. The van der Waals surface area contributed by atoms with E-state index in [0.717, 1.165) is 5.56 Å². The van der Waals surface area contributed by atoms with Gasteiger partial charge in [0.25, 0.3) is 0 Å². The van der Waals surface area contributed by atoms with Gasteiger partial charge in [0.2, 0.25) is 5.24 Å². The summed E-state index contributed by atoms with van der Waals surface area (Å²) < 4.78 is 4.95. The van der Waals surface area contributed by atoms with Crippen molar-refractivity contribution in [2.45, 2.75) is 0 Å². The van der Waals surface area contributed by atoms with Gasteiger partial charge in [-0.2, -0.15) is 0 Å². The van der Waals surface area contributed by atoms with Crippen molar-refractivity contribution in [3.05, 3.63) is 35.9 Å². The van der Waals surface area contributed by atoms with Gasteiger partial charge >= 0.3 is 0 Å². The molecular weight excluding hydrogens is 188 g/mol. The molecule has 0 amide bonds. The number of carbonyl (C=O) groups is 1. The van der Waals surface area contributed by atoms with Gasteiger partial charge in [-0.1, -0.05) is 12.1 Å². The average Bonchev–Trinajstić information content (AvgIpc) is 2.15. The first kappa shape index (κ1) is 9.81. The summed E-state index contributed by atoms with van der Waals surface area (Å²) >= 11 is 5.14. The molecule has 0 aromatic heterocycles. The fourth-order valence-corrected chi connectivity index (χ4v) is 0.907. The van der Waals surface area contributed by atoms with Crippen molar-refractivity contribution in [1.82, 2.24) is 0 Å². The summed E-state index contributed by atoms with van der Waals surface area (Å²) in [7, 11) is 1.56. The molecule has 0 unspecified atom stereocenters. The fourth-order valence-electron chi connectivity index (χ4n) is 0.844. The Hall–Kier alpha value is -1.28. The molecule has 0 saturated heterocycles. The molecule has 0 atom stereocenters. The van der Waals surface area contributed by atoms with Crippen LogP contribution < -0.4 is 4.74 Å². The molecule has 0 spiro atoms. The average molecular weight is 196 g/mol. The van der Waals surface area contributed by atoms with E-state index in [0.29, 0.717) is 5.75 Å². The highest BCUT2D eigenvalue weighted by Gasteiger charge is 1.92. The third-order valence-electron chi connectivity index (χ3n) is 1.43. The van der Waals surface area contributed by atoms with Crippen molar-refractivity contribution in [3.63, 3.8) is 0 Å². The standard InChI is InChI=1S/C10H8ClO2/c1-13-9-4-2-3-8(7-9)5-6-10(11)12/h2-3,5-7H,1H3/b6-5+. The molecule has 0 bridgehead atoms. The van der Waals surface area contributed by atoms with E-state index in [9.17, 15) is 4.79 Å². The molecule has 2 nitrogen and oxygen atoms in total. The molecular formula is C10H8ClO2. The number of hydrogen-bond donors (Lipinski definition) is 0. The molecule has 0 aliphatic rings. The van der Waals surface area contributed by atoms with E-state index in [4.69, 9.17) is 16.3 Å². The van der Waals surface area contributed by atoms with Crippen LogP contribution in [0, 0.1) is 6.07 Å². The summed E-state index contributed by atoms with van der Waals surface area (Å²) in [6.07, 6.45) is 2.90. The van der Waals surface area contributed by atoms with Crippen LogP contribution in [0.25, 0.3) is 6.08 Å². The molecule has 0 saturated carbocycles. The van der Waals surface area contributed by atoms with Crippen molar-refractivity contribution >= 4 is 22.9 Å². The highest BCUT2D eigenvalue weighted by Crippen LogP contribution is 2.12.